The van der Waals surface area contributed by atoms with E-state index in [-0.39, 0.29) is 6.61 Å². The summed E-state index contributed by atoms with van der Waals surface area (Å²) in [5.41, 5.74) is -1.86. The molecule has 0 atom stereocenters. The van der Waals surface area contributed by atoms with Crippen molar-refractivity contribution in [2.45, 2.75) is 33.2 Å². The van der Waals surface area contributed by atoms with Crippen LogP contribution in [0, 0.1) is 17.5 Å². The molecule has 0 bridgehead atoms. The fourth-order valence-electron chi connectivity index (χ4n) is 1.75. The molecule has 1 aromatic carbocycles. The number of rotatable bonds is 5. The van der Waals surface area contributed by atoms with Crippen LogP contribution in [-0.4, -0.2) is 36.5 Å². The highest BCUT2D eigenvalue weighted by molar-refractivity contribution is 6.15. The first kappa shape index (κ1) is 20.5. The number of carbonyl (C=O) groups excluding carboxylic acids is 1. The Morgan fingerprint density at radius 2 is 1.88 bits per heavy atom. The largest absolute Gasteiger partial charge is 0.506 e. The lowest BCUT2D eigenvalue weighted by Gasteiger charge is -2.14. The summed E-state index contributed by atoms with van der Waals surface area (Å²) >= 11 is 0. The molecule has 0 aliphatic heterocycles. The maximum absolute atomic E-state index is 14.3. The highest BCUT2D eigenvalue weighted by Crippen LogP contribution is 2.31. The fraction of sp³-hybridized carbons (Fsp3) is 0.412. The SMILES string of the molecule is CCOC(=O)/C(C=NC(C)(C)C)=C(/O)c1cc(F)c(F)c(OC)c1F. The van der Waals surface area contributed by atoms with Crippen LogP contribution in [0.25, 0.3) is 5.76 Å². The minimum absolute atomic E-state index is 0.0114. The maximum atomic E-state index is 14.3. The van der Waals surface area contributed by atoms with Crippen LogP contribution >= 0.6 is 0 Å². The average Bonchev–Trinajstić information content (AvgIpc) is 2.50. The third-order valence-electron chi connectivity index (χ3n) is 2.91. The molecule has 1 aromatic rings. The second-order valence-electron chi connectivity index (χ2n) is 5.98. The first-order chi connectivity index (χ1) is 11.5. The van der Waals surface area contributed by atoms with Gasteiger partial charge in [-0.3, -0.25) is 4.99 Å². The molecule has 0 aliphatic rings. The molecule has 8 heteroatoms. The minimum Gasteiger partial charge on any atom is -0.506 e. The van der Waals surface area contributed by atoms with Crippen LogP contribution in [0.5, 0.6) is 5.75 Å². The lowest BCUT2D eigenvalue weighted by Crippen LogP contribution is -2.16. The van der Waals surface area contributed by atoms with Gasteiger partial charge in [-0.05, 0) is 33.8 Å². The molecule has 0 radical (unpaired) electrons. The van der Waals surface area contributed by atoms with Crippen molar-refractivity contribution in [1.29, 1.82) is 0 Å². The summed E-state index contributed by atoms with van der Waals surface area (Å²) in [6.45, 7) is 6.71. The van der Waals surface area contributed by atoms with Gasteiger partial charge in [-0.1, -0.05) is 0 Å². The number of ether oxygens (including phenoxy) is 2. The van der Waals surface area contributed by atoms with Crippen molar-refractivity contribution in [1.82, 2.24) is 0 Å². The van der Waals surface area contributed by atoms with Crippen LogP contribution < -0.4 is 4.74 Å². The third kappa shape index (κ3) is 4.98. The Kier molecular flexibility index (Phi) is 6.61. The van der Waals surface area contributed by atoms with Crippen molar-refractivity contribution < 1.29 is 32.5 Å². The molecule has 0 unspecified atom stereocenters. The fourth-order valence-corrected chi connectivity index (χ4v) is 1.75. The first-order valence-corrected chi connectivity index (χ1v) is 7.40. The van der Waals surface area contributed by atoms with Crippen molar-refractivity contribution >= 4 is 17.9 Å². The summed E-state index contributed by atoms with van der Waals surface area (Å²) in [6.07, 6.45) is 1.00. The summed E-state index contributed by atoms with van der Waals surface area (Å²) in [5.74, 6) is -7.30. The molecule has 0 amide bonds. The number of methoxy groups -OCH3 is 1. The van der Waals surface area contributed by atoms with E-state index in [2.05, 4.69) is 9.73 Å². The summed E-state index contributed by atoms with van der Waals surface area (Å²) in [7, 11) is 0.943. The van der Waals surface area contributed by atoms with Gasteiger partial charge >= 0.3 is 5.97 Å². The Bertz CT molecular complexity index is 722. The molecule has 0 saturated heterocycles. The van der Waals surface area contributed by atoms with E-state index < -0.39 is 51.6 Å². The Morgan fingerprint density at radius 3 is 2.36 bits per heavy atom. The average molecular weight is 359 g/mol. The van der Waals surface area contributed by atoms with Crippen LogP contribution in [0.1, 0.15) is 33.3 Å². The Balaban J connectivity index is 3.64. The normalized spacial score (nSPS) is 13.0. The monoisotopic (exact) mass is 359 g/mol. The number of hydrogen-bond donors (Lipinski definition) is 1. The van der Waals surface area contributed by atoms with Gasteiger partial charge in [-0.2, -0.15) is 4.39 Å². The van der Waals surface area contributed by atoms with Crippen LogP contribution in [0.15, 0.2) is 16.6 Å². The van der Waals surface area contributed by atoms with E-state index in [4.69, 9.17) is 4.74 Å². The highest BCUT2D eigenvalue weighted by atomic mass is 19.2. The van der Waals surface area contributed by atoms with Gasteiger partial charge in [0.15, 0.2) is 17.4 Å². The molecule has 138 valence electrons. The molecule has 0 saturated carbocycles. The molecule has 0 aliphatic carbocycles. The number of esters is 1. The zero-order valence-corrected chi connectivity index (χ0v) is 14.6. The number of aliphatic hydroxyl groups is 1. The van der Waals surface area contributed by atoms with Gasteiger partial charge in [-0.15, -0.1) is 0 Å². The van der Waals surface area contributed by atoms with Crippen LogP contribution in [0.3, 0.4) is 0 Å². The van der Waals surface area contributed by atoms with Crippen molar-refractivity contribution in [3.63, 3.8) is 0 Å². The van der Waals surface area contributed by atoms with Gasteiger partial charge in [0.05, 0.1) is 24.8 Å². The van der Waals surface area contributed by atoms with Gasteiger partial charge in [0.2, 0.25) is 5.82 Å². The second kappa shape index (κ2) is 8.04. The minimum atomic E-state index is -1.54. The number of aliphatic hydroxyl groups excluding tert-OH is 1. The number of aliphatic imine (C=N–C) groups is 1. The van der Waals surface area contributed by atoms with Crippen molar-refractivity contribution in [2.24, 2.45) is 4.99 Å². The number of nitrogens with zero attached hydrogens (tertiary/aromatic N) is 1. The molecule has 0 aromatic heterocycles. The molecule has 1 rings (SSSR count). The van der Waals surface area contributed by atoms with Crippen molar-refractivity contribution in [3.05, 3.63) is 34.7 Å². The first-order valence-electron chi connectivity index (χ1n) is 7.40. The lowest BCUT2D eigenvalue weighted by atomic mass is 10.1. The summed E-state index contributed by atoms with van der Waals surface area (Å²) in [6, 6.07) is 0.423. The molecule has 5 nitrogen and oxygen atoms in total. The predicted octanol–water partition coefficient (Wildman–Crippen LogP) is 3.81. The van der Waals surface area contributed by atoms with E-state index in [0.717, 1.165) is 13.3 Å². The number of carbonyl (C=O) groups is 1. The van der Waals surface area contributed by atoms with Gasteiger partial charge in [0, 0.05) is 6.21 Å². The topological polar surface area (TPSA) is 68.1 Å². The van der Waals surface area contributed by atoms with Crippen LogP contribution in [0.4, 0.5) is 13.2 Å². The predicted molar refractivity (Wildman–Crippen MR) is 87.3 cm³/mol. The summed E-state index contributed by atoms with van der Waals surface area (Å²) < 4.78 is 50.8. The quantitative estimate of drug-likeness (QED) is 0.285. The van der Waals surface area contributed by atoms with Crippen molar-refractivity contribution in [2.75, 3.05) is 13.7 Å². The summed E-state index contributed by atoms with van der Waals surface area (Å²) in [5, 5.41) is 10.3. The van der Waals surface area contributed by atoms with Gasteiger partial charge < -0.3 is 14.6 Å². The standard InChI is InChI=1S/C17H20F3NO4/c1-6-25-16(23)10(8-21-17(2,3)4)14(22)9-7-11(18)13(20)15(24-5)12(9)19/h7-8,22H,6H2,1-5H3/b14-10+,21-8?. The number of benzene rings is 1. The smallest absolute Gasteiger partial charge is 0.343 e. The Labute approximate surface area is 143 Å². The molecule has 1 N–H and O–H groups in total. The second-order valence-corrected chi connectivity index (χ2v) is 5.98. The molecule has 0 fully saturated rings. The van der Waals surface area contributed by atoms with Gasteiger partial charge in [0.1, 0.15) is 11.3 Å². The highest BCUT2D eigenvalue weighted by Gasteiger charge is 2.25. The van der Waals surface area contributed by atoms with Gasteiger partial charge in [-0.25, -0.2) is 13.6 Å². The van der Waals surface area contributed by atoms with E-state index in [1.165, 1.54) is 6.92 Å². The third-order valence-corrected chi connectivity index (χ3v) is 2.91. The van der Waals surface area contributed by atoms with E-state index in [9.17, 15) is 23.1 Å². The molecular formula is C17H20F3NO4. The maximum Gasteiger partial charge on any atom is 0.343 e. The Morgan fingerprint density at radius 1 is 1.28 bits per heavy atom. The van der Waals surface area contributed by atoms with E-state index >= 15 is 0 Å². The number of hydrogen-bond acceptors (Lipinski definition) is 5. The van der Waals surface area contributed by atoms with Gasteiger partial charge in [0.25, 0.3) is 0 Å². The van der Waals surface area contributed by atoms with E-state index in [1.54, 1.807) is 20.8 Å². The molecular weight excluding hydrogens is 339 g/mol. The molecule has 25 heavy (non-hydrogen) atoms. The Hall–Kier alpha value is -2.51. The molecule has 0 spiro atoms. The summed E-state index contributed by atoms with van der Waals surface area (Å²) in [4.78, 5) is 16.1. The van der Waals surface area contributed by atoms with Crippen molar-refractivity contribution in [3.8, 4) is 5.75 Å². The lowest BCUT2D eigenvalue weighted by molar-refractivity contribution is -0.137. The van der Waals surface area contributed by atoms with E-state index in [1.807, 2.05) is 0 Å². The zero-order chi connectivity index (χ0) is 19.4. The van der Waals surface area contributed by atoms with E-state index in [0.29, 0.717) is 6.07 Å². The number of halogens is 3. The molecule has 0 heterocycles. The zero-order valence-electron chi connectivity index (χ0n) is 14.6. The van der Waals surface area contributed by atoms with Crippen LogP contribution in [0.2, 0.25) is 0 Å². The van der Waals surface area contributed by atoms with Crippen LogP contribution in [-0.2, 0) is 9.53 Å².